The Hall–Kier alpha value is -4.37. The molecule has 0 saturated carbocycles. The van der Waals surface area contributed by atoms with Crippen LogP contribution in [0.1, 0.15) is 17.5 Å². The molecule has 4 rings (SSSR count). The highest BCUT2D eigenvalue weighted by Crippen LogP contribution is 2.24. The van der Waals surface area contributed by atoms with Crippen molar-refractivity contribution in [1.29, 1.82) is 0 Å². The van der Waals surface area contributed by atoms with Crippen molar-refractivity contribution in [3.8, 4) is 5.75 Å². The summed E-state index contributed by atoms with van der Waals surface area (Å²) in [6.07, 6.45) is 3.15. The summed E-state index contributed by atoms with van der Waals surface area (Å²) in [7, 11) is 3.13. The number of halogens is 1. The predicted molar refractivity (Wildman–Crippen MR) is 154 cm³/mol. The van der Waals surface area contributed by atoms with Crippen molar-refractivity contribution in [3.05, 3.63) is 95.9 Å². The number of nitrogens with one attached hydrogen (secondary N) is 2. The number of amides is 3. The number of carbonyl (C=O) groups excluding carboxylic acids is 2. The Labute approximate surface area is 233 Å². The Kier molecular flexibility index (Phi) is 10.1. The van der Waals surface area contributed by atoms with Gasteiger partial charge in [0.2, 0.25) is 5.91 Å². The zero-order chi connectivity index (χ0) is 28.3. The van der Waals surface area contributed by atoms with Crippen LogP contribution in [0.15, 0.2) is 79.0 Å². The lowest BCUT2D eigenvalue weighted by atomic mass is 10.1. The van der Waals surface area contributed by atoms with Crippen LogP contribution in [0.4, 0.5) is 14.9 Å². The number of hydrogen-bond donors (Lipinski definition) is 2. The number of fused-ring (bicyclic) bond motifs is 1. The number of benzene rings is 3. The van der Waals surface area contributed by atoms with E-state index in [0.717, 1.165) is 22.0 Å². The molecule has 210 valence electrons. The average Bonchev–Trinajstić information content (AvgIpc) is 3.39. The third-order valence-electron chi connectivity index (χ3n) is 6.70. The van der Waals surface area contributed by atoms with E-state index in [0.29, 0.717) is 50.5 Å². The fraction of sp³-hybridized carbons (Fsp3) is 0.290. The summed E-state index contributed by atoms with van der Waals surface area (Å²) in [6, 6.07) is 20.8. The van der Waals surface area contributed by atoms with E-state index >= 15 is 0 Å². The number of aromatic amines is 1. The van der Waals surface area contributed by atoms with Crippen LogP contribution in [0.3, 0.4) is 0 Å². The van der Waals surface area contributed by atoms with Gasteiger partial charge in [-0.2, -0.15) is 0 Å². The number of para-hydroxylation sites is 3. The van der Waals surface area contributed by atoms with E-state index in [1.165, 1.54) is 24.1 Å². The zero-order valence-electron chi connectivity index (χ0n) is 22.9. The molecule has 1 heterocycles. The highest BCUT2D eigenvalue weighted by Gasteiger charge is 2.23. The van der Waals surface area contributed by atoms with Crippen LogP contribution >= 0.6 is 0 Å². The van der Waals surface area contributed by atoms with Gasteiger partial charge < -0.3 is 29.6 Å². The molecule has 0 spiro atoms. The van der Waals surface area contributed by atoms with Gasteiger partial charge in [0.15, 0.2) is 0 Å². The topological polar surface area (TPSA) is 86.9 Å². The van der Waals surface area contributed by atoms with Crippen molar-refractivity contribution >= 4 is 28.5 Å². The average molecular weight is 547 g/mol. The van der Waals surface area contributed by atoms with Crippen LogP contribution in [0, 0.1) is 5.82 Å². The molecule has 1 aromatic heterocycles. The summed E-state index contributed by atoms with van der Waals surface area (Å²) in [5.41, 5.74) is 3.45. The first kappa shape index (κ1) is 28.6. The number of nitrogens with zero attached hydrogens (tertiary/aromatic N) is 2. The summed E-state index contributed by atoms with van der Waals surface area (Å²) in [5.74, 6) is -0.0230. The Balaban J connectivity index is 1.52. The van der Waals surface area contributed by atoms with Crippen molar-refractivity contribution in [2.24, 2.45) is 0 Å². The van der Waals surface area contributed by atoms with E-state index in [2.05, 4.69) is 10.3 Å². The van der Waals surface area contributed by atoms with E-state index in [1.54, 1.807) is 42.3 Å². The second-order valence-corrected chi connectivity index (χ2v) is 9.45. The quantitative estimate of drug-likeness (QED) is 0.218. The number of methoxy groups -OCH3 is 2. The van der Waals surface area contributed by atoms with Gasteiger partial charge in [-0.05, 0) is 54.3 Å². The van der Waals surface area contributed by atoms with Crippen LogP contribution < -0.4 is 10.1 Å². The maximum atomic E-state index is 13.7. The van der Waals surface area contributed by atoms with Gasteiger partial charge in [-0.1, -0.05) is 42.5 Å². The largest absolute Gasteiger partial charge is 0.495 e. The summed E-state index contributed by atoms with van der Waals surface area (Å²) >= 11 is 0. The maximum Gasteiger partial charge on any atom is 0.322 e. The molecule has 4 aromatic rings. The standard InChI is InChI=1S/C31H35FN4O4/c1-39-19-7-17-36(31(38)34-28-10-5-6-11-29(28)40-2)22-30(37)35(21-23-12-14-25(32)15-13-23)18-16-24-20-33-27-9-4-3-8-26(24)27/h3-6,8-15,20,33H,7,16-19,21-22H2,1-2H3,(H,34,38). The smallest absolute Gasteiger partial charge is 0.322 e. The fourth-order valence-electron chi connectivity index (χ4n) is 4.55. The van der Waals surface area contributed by atoms with Gasteiger partial charge >= 0.3 is 6.03 Å². The van der Waals surface area contributed by atoms with E-state index < -0.39 is 6.03 Å². The maximum absolute atomic E-state index is 13.7. The van der Waals surface area contributed by atoms with Gasteiger partial charge in [0.25, 0.3) is 0 Å². The van der Waals surface area contributed by atoms with E-state index in [-0.39, 0.29) is 18.3 Å². The second kappa shape index (κ2) is 14.1. The molecule has 0 aliphatic rings. The van der Waals surface area contributed by atoms with E-state index in [9.17, 15) is 14.0 Å². The van der Waals surface area contributed by atoms with Crippen molar-refractivity contribution < 1.29 is 23.5 Å². The molecule has 3 aromatic carbocycles. The summed E-state index contributed by atoms with van der Waals surface area (Å²) in [6.45, 7) is 1.37. The molecule has 0 fully saturated rings. The third-order valence-corrected chi connectivity index (χ3v) is 6.70. The van der Waals surface area contributed by atoms with Crippen LogP contribution in [-0.2, 0) is 22.5 Å². The third kappa shape index (κ3) is 7.60. The number of urea groups is 1. The van der Waals surface area contributed by atoms with Crippen molar-refractivity contribution in [2.75, 3.05) is 45.8 Å². The lowest BCUT2D eigenvalue weighted by Crippen LogP contribution is -2.45. The van der Waals surface area contributed by atoms with E-state index in [4.69, 9.17) is 9.47 Å². The van der Waals surface area contributed by atoms with Crippen LogP contribution in [0.25, 0.3) is 10.9 Å². The zero-order valence-corrected chi connectivity index (χ0v) is 22.9. The van der Waals surface area contributed by atoms with Gasteiger partial charge in [-0.3, -0.25) is 4.79 Å². The first-order chi connectivity index (χ1) is 19.5. The molecule has 0 bridgehead atoms. The summed E-state index contributed by atoms with van der Waals surface area (Å²) in [4.78, 5) is 33.5. The monoisotopic (exact) mass is 546 g/mol. The molecule has 0 atom stereocenters. The number of hydrogen-bond acceptors (Lipinski definition) is 4. The molecule has 0 aliphatic heterocycles. The van der Waals surface area contributed by atoms with Crippen LogP contribution in [-0.4, -0.2) is 67.2 Å². The van der Waals surface area contributed by atoms with Gasteiger partial charge in [0, 0.05) is 50.5 Å². The number of ether oxygens (including phenoxy) is 2. The van der Waals surface area contributed by atoms with Gasteiger partial charge in [0.05, 0.1) is 12.8 Å². The molecule has 0 saturated heterocycles. The molecule has 0 radical (unpaired) electrons. The number of rotatable bonds is 13. The van der Waals surface area contributed by atoms with Gasteiger partial charge in [-0.15, -0.1) is 0 Å². The highest BCUT2D eigenvalue weighted by atomic mass is 19.1. The Morgan fingerprint density at radius 2 is 1.68 bits per heavy atom. The SMILES string of the molecule is COCCCN(CC(=O)N(CCc1c[nH]c2ccccc12)Cc1ccc(F)cc1)C(=O)Nc1ccccc1OC. The predicted octanol–water partition coefficient (Wildman–Crippen LogP) is 5.46. The number of carbonyl (C=O) groups is 2. The first-order valence-corrected chi connectivity index (χ1v) is 13.2. The molecule has 40 heavy (non-hydrogen) atoms. The van der Waals surface area contributed by atoms with E-state index in [1.807, 2.05) is 36.5 Å². The molecular formula is C31H35FN4O4. The van der Waals surface area contributed by atoms with Gasteiger partial charge in [-0.25, -0.2) is 9.18 Å². The fourth-order valence-corrected chi connectivity index (χ4v) is 4.55. The lowest BCUT2D eigenvalue weighted by Gasteiger charge is -2.28. The lowest BCUT2D eigenvalue weighted by molar-refractivity contribution is -0.132. The number of aromatic nitrogens is 1. The molecule has 3 amide bonds. The molecule has 8 nitrogen and oxygen atoms in total. The Bertz CT molecular complexity index is 1410. The minimum Gasteiger partial charge on any atom is -0.495 e. The molecule has 0 unspecified atom stereocenters. The minimum absolute atomic E-state index is 0.125. The molecule has 0 aliphatic carbocycles. The Morgan fingerprint density at radius 1 is 0.925 bits per heavy atom. The normalized spacial score (nSPS) is 10.9. The second-order valence-electron chi connectivity index (χ2n) is 9.45. The summed E-state index contributed by atoms with van der Waals surface area (Å²) in [5, 5.41) is 3.97. The van der Waals surface area contributed by atoms with Crippen LogP contribution in [0.2, 0.25) is 0 Å². The first-order valence-electron chi connectivity index (χ1n) is 13.2. The number of H-pyrrole nitrogens is 1. The van der Waals surface area contributed by atoms with Crippen molar-refractivity contribution in [2.45, 2.75) is 19.4 Å². The van der Waals surface area contributed by atoms with Crippen molar-refractivity contribution in [1.82, 2.24) is 14.8 Å². The number of anilines is 1. The minimum atomic E-state index is -0.410. The summed E-state index contributed by atoms with van der Waals surface area (Å²) < 4.78 is 24.1. The highest BCUT2D eigenvalue weighted by molar-refractivity contribution is 5.93. The Morgan fingerprint density at radius 3 is 2.45 bits per heavy atom. The van der Waals surface area contributed by atoms with Crippen LogP contribution in [0.5, 0.6) is 5.75 Å². The van der Waals surface area contributed by atoms with Crippen molar-refractivity contribution in [3.63, 3.8) is 0 Å². The molecular weight excluding hydrogens is 511 g/mol. The molecule has 2 N–H and O–H groups in total. The molecule has 9 heteroatoms. The van der Waals surface area contributed by atoms with Gasteiger partial charge in [0.1, 0.15) is 18.1 Å².